The van der Waals surface area contributed by atoms with Crippen LogP contribution < -0.4 is 20.1 Å². The zero-order valence-electron chi connectivity index (χ0n) is 15.1. The second-order valence-electron chi connectivity index (χ2n) is 5.85. The van der Waals surface area contributed by atoms with Gasteiger partial charge in [-0.2, -0.15) is 0 Å². The van der Waals surface area contributed by atoms with Crippen molar-refractivity contribution in [3.05, 3.63) is 84.4 Å². The normalized spacial score (nSPS) is 10.1. The van der Waals surface area contributed by atoms with Crippen LogP contribution in [0.25, 0.3) is 0 Å². The van der Waals surface area contributed by atoms with Gasteiger partial charge >= 0.3 is 0 Å². The fraction of sp³-hybridized carbons (Fsp3) is 0.136. The van der Waals surface area contributed by atoms with E-state index in [1.165, 1.54) is 0 Å². The van der Waals surface area contributed by atoms with Crippen molar-refractivity contribution in [2.24, 2.45) is 0 Å². The molecule has 1 amide bonds. The van der Waals surface area contributed by atoms with Crippen LogP contribution in [0.1, 0.15) is 5.56 Å². The summed E-state index contributed by atoms with van der Waals surface area (Å²) in [4.78, 5) is 12.2. The molecule has 3 aromatic rings. The molecule has 0 spiro atoms. The molecule has 0 saturated carbocycles. The highest BCUT2D eigenvalue weighted by atomic mass is 16.5. The van der Waals surface area contributed by atoms with E-state index in [1.807, 2.05) is 78.9 Å². The lowest BCUT2D eigenvalue weighted by atomic mass is 10.2. The third kappa shape index (κ3) is 5.25. The fourth-order valence-corrected chi connectivity index (χ4v) is 2.60. The van der Waals surface area contributed by atoms with Crippen LogP contribution >= 0.6 is 0 Å². The minimum Gasteiger partial charge on any atom is -0.496 e. The molecule has 0 fully saturated rings. The van der Waals surface area contributed by atoms with Gasteiger partial charge in [-0.15, -0.1) is 0 Å². The summed E-state index contributed by atoms with van der Waals surface area (Å²) in [5.41, 5.74) is 1.69. The van der Waals surface area contributed by atoms with Gasteiger partial charge in [0, 0.05) is 12.1 Å². The lowest BCUT2D eigenvalue weighted by Gasteiger charge is -2.13. The monoisotopic (exact) mass is 362 g/mol. The summed E-state index contributed by atoms with van der Waals surface area (Å²) in [6.45, 7) is 0.553. The lowest BCUT2D eigenvalue weighted by molar-refractivity contribution is -0.119. The zero-order valence-corrected chi connectivity index (χ0v) is 15.1. The highest BCUT2D eigenvalue weighted by Crippen LogP contribution is 2.28. The van der Waals surface area contributed by atoms with E-state index in [0.717, 1.165) is 22.7 Å². The number of carbonyl (C=O) groups excluding carboxylic acids is 1. The summed E-state index contributed by atoms with van der Waals surface area (Å²) in [6.07, 6.45) is 0. The Balaban J connectivity index is 1.56. The quantitative estimate of drug-likeness (QED) is 0.630. The van der Waals surface area contributed by atoms with E-state index in [0.29, 0.717) is 12.3 Å². The molecule has 27 heavy (non-hydrogen) atoms. The van der Waals surface area contributed by atoms with Gasteiger partial charge in [-0.3, -0.25) is 4.79 Å². The molecule has 0 aliphatic rings. The molecule has 5 nitrogen and oxygen atoms in total. The summed E-state index contributed by atoms with van der Waals surface area (Å²) in [5.74, 6) is 2.05. The van der Waals surface area contributed by atoms with Gasteiger partial charge in [0.25, 0.3) is 0 Å². The minimum atomic E-state index is -0.115. The van der Waals surface area contributed by atoms with E-state index in [-0.39, 0.29) is 12.5 Å². The van der Waals surface area contributed by atoms with E-state index in [4.69, 9.17) is 9.47 Å². The number of nitrogens with one attached hydrogen (secondary N) is 2. The fourth-order valence-electron chi connectivity index (χ4n) is 2.60. The third-order valence-electron chi connectivity index (χ3n) is 3.97. The number of carbonyl (C=O) groups is 1. The van der Waals surface area contributed by atoms with Crippen molar-refractivity contribution >= 4 is 11.6 Å². The SMILES string of the molecule is COc1ccccc1CNC(=O)CNc1ccccc1Oc1ccccc1. The second-order valence-corrected chi connectivity index (χ2v) is 5.85. The molecule has 2 N–H and O–H groups in total. The molecule has 0 aliphatic carbocycles. The van der Waals surface area contributed by atoms with Crippen LogP contribution in [0.4, 0.5) is 5.69 Å². The number of hydrogen-bond donors (Lipinski definition) is 2. The molecule has 0 atom stereocenters. The molecule has 3 rings (SSSR count). The number of benzene rings is 3. The van der Waals surface area contributed by atoms with Crippen molar-refractivity contribution < 1.29 is 14.3 Å². The summed E-state index contributed by atoms with van der Waals surface area (Å²) < 4.78 is 11.2. The molecule has 138 valence electrons. The number of methoxy groups -OCH3 is 1. The molecule has 0 heterocycles. The average molecular weight is 362 g/mol. The van der Waals surface area contributed by atoms with Crippen LogP contribution in [-0.4, -0.2) is 19.6 Å². The molecular formula is C22H22N2O3. The predicted molar refractivity (Wildman–Crippen MR) is 106 cm³/mol. The smallest absolute Gasteiger partial charge is 0.239 e. The van der Waals surface area contributed by atoms with Gasteiger partial charge in [0.05, 0.1) is 19.3 Å². The Labute approximate surface area is 158 Å². The van der Waals surface area contributed by atoms with Gasteiger partial charge in [0.15, 0.2) is 5.75 Å². The van der Waals surface area contributed by atoms with Gasteiger partial charge in [-0.05, 0) is 30.3 Å². The van der Waals surface area contributed by atoms with Crippen molar-refractivity contribution in [2.75, 3.05) is 19.0 Å². The summed E-state index contributed by atoms with van der Waals surface area (Å²) in [6, 6.07) is 24.7. The molecule has 0 radical (unpaired) electrons. The van der Waals surface area contributed by atoms with Gasteiger partial charge in [-0.1, -0.05) is 48.5 Å². The van der Waals surface area contributed by atoms with Crippen molar-refractivity contribution in [1.29, 1.82) is 0 Å². The first-order valence-electron chi connectivity index (χ1n) is 8.70. The van der Waals surface area contributed by atoms with E-state index < -0.39 is 0 Å². The first kappa shape index (κ1) is 18.3. The first-order valence-corrected chi connectivity index (χ1v) is 8.70. The molecule has 0 aliphatic heterocycles. The van der Waals surface area contributed by atoms with Gasteiger partial charge in [0.2, 0.25) is 5.91 Å². The highest BCUT2D eigenvalue weighted by molar-refractivity contribution is 5.81. The molecule has 0 aromatic heterocycles. The first-order chi connectivity index (χ1) is 13.3. The Morgan fingerprint density at radius 1 is 0.852 bits per heavy atom. The largest absolute Gasteiger partial charge is 0.496 e. The maximum Gasteiger partial charge on any atom is 0.239 e. The number of rotatable bonds is 8. The van der Waals surface area contributed by atoms with Gasteiger partial charge < -0.3 is 20.1 Å². The molecule has 0 bridgehead atoms. The number of amides is 1. The number of anilines is 1. The number of ether oxygens (including phenoxy) is 2. The van der Waals surface area contributed by atoms with Crippen LogP contribution in [0.15, 0.2) is 78.9 Å². The average Bonchev–Trinajstić information content (AvgIpc) is 2.72. The van der Waals surface area contributed by atoms with Crippen molar-refractivity contribution in [2.45, 2.75) is 6.54 Å². The van der Waals surface area contributed by atoms with E-state index in [9.17, 15) is 4.79 Å². The zero-order chi connectivity index (χ0) is 18.9. The maximum atomic E-state index is 12.2. The molecule has 0 saturated heterocycles. The van der Waals surface area contributed by atoms with Crippen LogP contribution in [0, 0.1) is 0 Å². The number of hydrogen-bond acceptors (Lipinski definition) is 4. The summed E-state index contributed by atoms with van der Waals surface area (Å²) in [7, 11) is 1.62. The molecule has 5 heteroatoms. The Bertz CT molecular complexity index is 881. The minimum absolute atomic E-state index is 0.115. The summed E-state index contributed by atoms with van der Waals surface area (Å²) >= 11 is 0. The summed E-state index contributed by atoms with van der Waals surface area (Å²) in [5, 5.41) is 6.02. The standard InChI is InChI=1S/C22H22N2O3/c1-26-20-13-7-5-9-17(20)15-24-22(25)16-23-19-12-6-8-14-21(19)27-18-10-3-2-4-11-18/h2-14,23H,15-16H2,1H3,(H,24,25). The van der Waals surface area contributed by atoms with Crippen LogP contribution in [-0.2, 0) is 11.3 Å². The topological polar surface area (TPSA) is 59.6 Å². The second kappa shape index (κ2) is 9.29. The van der Waals surface area contributed by atoms with E-state index in [1.54, 1.807) is 7.11 Å². The highest BCUT2D eigenvalue weighted by Gasteiger charge is 2.08. The van der Waals surface area contributed by atoms with E-state index in [2.05, 4.69) is 10.6 Å². The molecule has 3 aromatic carbocycles. The van der Waals surface area contributed by atoms with Gasteiger partial charge in [0.1, 0.15) is 11.5 Å². The maximum absolute atomic E-state index is 12.2. The Hall–Kier alpha value is -3.47. The van der Waals surface area contributed by atoms with E-state index >= 15 is 0 Å². The predicted octanol–water partition coefficient (Wildman–Crippen LogP) is 4.22. The molecular weight excluding hydrogens is 340 g/mol. The Kier molecular flexibility index (Phi) is 6.30. The Morgan fingerprint density at radius 3 is 2.30 bits per heavy atom. The lowest BCUT2D eigenvalue weighted by Crippen LogP contribution is -2.29. The number of para-hydroxylation sites is 4. The van der Waals surface area contributed by atoms with Crippen molar-refractivity contribution in [3.8, 4) is 17.2 Å². The van der Waals surface area contributed by atoms with Crippen molar-refractivity contribution in [3.63, 3.8) is 0 Å². The molecule has 0 unspecified atom stereocenters. The third-order valence-corrected chi connectivity index (χ3v) is 3.97. The van der Waals surface area contributed by atoms with Crippen LogP contribution in [0.2, 0.25) is 0 Å². The van der Waals surface area contributed by atoms with Gasteiger partial charge in [-0.25, -0.2) is 0 Å². The van der Waals surface area contributed by atoms with Crippen LogP contribution in [0.3, 0.4) is 0 Å². The van der Waals surface area contributed by atoms with Crippen molar-refractivity contribution in [1.82, 2.24) is 5.32 Å². The Morgan fingerprint density at radius 2 is 1.52 bits per heavy atom. The van der Waals surface area contributed by atoms with Crippen LogP contribution in [0.5, 0.6) is 17.2 Å².